The second-order valence-electron chi connectivity index (χ2n) is 5.12. The van der Waals surface area contributed by atoms with Crippen LogP contribution < -0.4 is 4.90 Å². The van der Waals surface area contributed by atoms with Gasteiger partial charge in [-0.2, -0.15) is 0 Å². The lowest BCUT2D eigenvalue weighted by molar-refractivity contribution is 0.361. The first-order valence-electron chi connectivity index (χ1n) is 6.49. The van der Waals surface area contributed by atoms with Crippen molar-refractivity contribution in [2.75, 3.05) is 11.4 Å². The molecule has 0 aliphatic carbocycles. The Balaban J connectivity index is 2.04. The number of anilines is 1. The van der Waals surface area contributed by atoms with Gasteiger partial charge in [-0.1, -0.05) is 6.92 Å². The van der Waals surface area contributed by atoms with Crippen molar-refractivity contribution in [1.82, 2.24) is 9.38 Å². The number of piperidine rings is 1. The van der Waals surface area contributed by atoms with Gasteiger partial charge in [-0.05, 0) is 25.7 Å². The van der Waals surface area contributed by atoms with Crippen LogP contribution in [0, 0.1) is 5.92 Å². The molecular weight excluding hydrogens is 266 g/mol. The summed E-state index contributed by atoms with van der Waals surface area (Å²) in [6.07, 6.45) is 4.63. The first kappa shape index (κ1) is 12.3. The predicted octanol–water partition coefficient (Wildman–Crippen LogP) is 3.76. The van der Waals surface area contributed by atoms with Crippen molar-refractivity contribution in [3.8, 4) is 0 Å². The van der Waals surface area contributed by atoms with Gasteiger partial charge in [-0.15, -0.1) is 22.9 Å². The molecule has 3 heterocycles. The molecule has 1 aliphatic rings. The lowest BCUT2D eigenvalue weighted by atomic mass is 9.92. The van der Waals surface area contributed by atoms with Crippen molar-refractivity contribution in [3.63, 3.8) is 0 Å². The van der Waals surface area contributed by atoms with E-state index in [0.29, 0.717) is 11.9 Å². The largest absolute Gasteiger partial charge is 0.352 e. The van der Waals surface area contributed by atoms with Crippen LogP contribution in [-0.4, -0.2) is 22.0 Å². The summed E-state index contributed by atoms with van der Waals surface area (Å²) in [6, 6.07) is 0.547. The van der Waals surface area contributed by atoms with Gasteiger partial charge in [0.05, 0.1) is 11.6 Å². The van der Waals surface area contributed by atoms with E-state index in [1.807, 2.05) is 0 Å². The third-order valence-electron chi connectivity index (χ3n) is 4.11. The Morgan fingerprint density at radius 3 is 3.11 bits per heavy atom. The summed E-state index contributed by atoms with van der Waals surface area (Å²) in [5.41, 5.74) is 1.13. The molecule has 2 unspecified atom stereocenters. The normalized spacial score (nSPS) is 24.9. The van der Waals surface area contributed by atoms with E-state index in [-0.39, 0.29) is 0 Å². The molecule has 2 atom stereocenters. The van der Waals surface area contributed by atoms with Gasteiger partial charge < -0.3 is 4.90 Å². The number of nitrogens with zero attached hydrogens (tertiary/aromatic N) is 3. The van der Waals surface area contributed by atoms with E-state index in [4.69, 9.17) is 16.6 Å². The van der Waals surface area contributed by atoms with Crippen LogP contribution in [0.5, 0.6) is 0 Å². The van der Waals surface area contributed by atoms with E-state index < -0.39 is 0 Å². The van der Waals surface area contributed by atoms with Gasteiger partial charge in [-0.3, -0.25) is 4.40 Å². The molecule has 0 bridgehead atoms. The predicted molar refractivity (Wildman–Crippen MR) is 77.8 cm³/mol. The summed E-state index contributed by atoms with van der Waals surface area (Å²) in [6.45, 7) is 5.73. The standard InChI is InChI=1S/C13H18ClN3S/c1-9-4-3-5-16(10(9)2)12-11(8-14)17-6-7-18-13(17)15-12/h6-7,9-10H,3-5,8H2,1-2H3. The van der Waals surface area contributed by atoms with Crippen LogP contribution in [0.3, 0.4) is 0 Å². The average Bonchev–Trinajstić information content (AvgIpc) is 2.92. The summed E-state index contributed by atoms with van der Waals surface area (Å²) in [5, 5.41) is 2.06. The van der Waals surface area contributed by atoms with Crippen molar-refractivity contribution in [2.24, 2.45) is 5.92 Å². The quantitative estimate of drug-likeness (QED) is 0.782. The van der Waals surface area contributed by atoms with Crippen molar-refractivity contribution >= 4 is 33.7 Å². The summed E-state index contributed by atoms with van der Waals surface area (Å²) < 4.78 is 2.12. The second kappa shape index (κ2) is 4.74. The SMILES string of the molecule is CC1CCCN(c2nc3sccn3c2CCl)C1C. The molecule has 0 amide bonds. The fourth-order valence-corrected chi connectivity index (χ4v) is 3.79. The van der Waals surface area contributed by atoms with Crippen molar-refractivity contribution < 1.29 is 0 Å². The summed E-state index contributed by atoms with van der Waals surface area (Å²) in [7, 11) is 0. The van der Waals surface area contributed by atoms with E-state index in [1.54, 1.807) is 11.3 Å². The molecule has 0 radical (unpaired) electrons. The minimum atomic E-state index is 0.519. The first-order chi connectivity index (χ1) is 8.72. The van der Waals surface area contributed by atoms with Crippen LogP contribution in [0.4, 0.5) is 5.82 Å². The van der Waals surface area contributed by atoms with Gasteiger partial charge in [0.25, 0.3) is 0 Å². The van der Waals surface area contributed by atoms with Crippen molar-refractivity contribution in [3.05, 3.63) is 17.3 Å². The Hall–Kier alpha value is -0.740. The Kier molecular flexibility index (Phi) is 3.24. The maximum absolute atomic E-state index is 6.13. The molecule has 0 N–H and O–H groups in total. The molecule has 98 valence electrons. The first-order valence-corrected chi connectivity index (χ1v) is 7.91. The number of halogens is 1. The highest BCUT2D eigenvalue weighted by Crippen LogP contribution is 2.32. The Morgan fingerprint density at radius 1 is 1.50 bits per heavy atom. The molecule has 3 rings (SSSR count). The van der Waals surface area contributed by atoms with Gasteiger partial charge in [-0.25, -0.2) is 4.98 Å². The molecule has 2 aromatic heterocycles. The number of hydrogen-bond acceptors (Lipinski definition) is 3. The molecule has 18 heavy (non-hydrogen) atoms. The lowest BCUT2D eigenvalue weighted by Crippen LogP contribution is -2.43. The van der Waals surface area contributed by atoms with Crippen LogP contribution in [0.1, 0.15) is 32.4 Å². The van der Waals surface area contributed by atoms with E-state index in [9.17, 15) is 0 Å². The highest BCUT2D eigenvalue weighted by atomic mass is 35.5. The number of aromatic nitrogens is 2. The van der Waals surface area contributed by atoms with Crippen LogP contribution in [0.2, 0.25) is 0 Å². The maximum atomic E-state index is 6.13. The van der Waals surface area contributed by atoms with E-state index in [0.717, 1.165) is 28.9 Å². The summed E-state index contributed by atoms with van der Waals surface area (Å²) in [4.78, 5) is 8.26. The fraction of sp³-hybridized carbons (Fsp3) is 0.615. The summed E-state index contributed by atoms with van der Waals surface area (Å²) >= 11 is 7.80. The Morgan fingerprint density at radius 2 is 2.33 bits per heavy atom. The van der Waals surface area contributed by atoms with Gasteiger partial charge in [0, 0.05) is 24.2 Å². The Bertz CT molecular complexity index is 547. The number of alkyl halides is 1. The van der Waals surface area contributed by atoms with Gasteiger partial charge in [0.15, 0.2) is 10.8 Å². The van der Waals surface area contributed by atoms with Crippen LogP contribution in [0.15, 0.2) is 11.6 Å². The molecular formula is C13H18ClN3S. The van der Waals surface area contributed by atoms with Gasteiger partial charge >= 0.3 is 0 Å². The molecule has 3 nitrogen and oxygen atoms in total. The molecule has 0 saturated carbocycles. The maximum Gasteiger partial charge on any atom is 0.195 e. The van der Waals surface area contributed by atoms with Crippen molar-refractivity contribution in [1.29, 1.82) is 0 Å². The molecule has 0 spiro atoms. The number of thiazole rings is 1. The molecule has 1 saturated heterocycles. The number of hydrogen-bond donors (Lipinski definition) is 0. The average molecular weight is 284 g/mol. The zero-order valence-electron chi connectivity index (χ0n) is 10.8. The van der Waals surface area contributed by atoms with E-state index in [1.165, 1.54) is 12.8 Å². The third-order valence-corrected chi connectivity index (χ3v) is 5.12. The van der Waals surface area contributed by atoms with Gasteiger partial charge in [0.2, 0.25) is 0 Å². The number of imidazole rings is 1. The fourth-order valence-electron chi connectivity index (χ4n) is 2.81. The number of fused-ring (bicyclic) bond motifs is 1. The smallest absolute Gasteiger partial charge is 0.195 e. The van der Waals surface area contributed by atoms with Crippen molar-refractivity contribution in [2.45, 2.75) is 38.6 Å². The second-order valence-corrected chi connectivity index (χ2v) is 6.27. The van der Waals surface area contributed by atoms with Crippen LogP contribution in [0.25, 0.3) is 4.96 Å². The molecule has 0 aromatic carbocycles. The molecule has 2 aromatic rings. The minimum Gasteiger partial charge on any atom is -0.352 e. The molecule has 5 heteroatoms. The third kappa shape index (κ3) is 1.82. The van der Waals surface area contributed by atoms with Crippen LogP contribution in [-0.2, 0) is 5.88 Å². The summed E-state index contributed by atoms with van der Waals surface area (Å²) in [5.74, 6) is 2.34. The monoisotopic (exact) mass is 283 g/mol. The van der Waals surface area contributed by atoms with Gasteiger partial charge in [0.1, 0.15) is 0 Å². The zero-order chi connectivity index (χ0) is 12.7. The minimum absolute atomic E-state index is 0.519. The van der Waals surface area contributed by atoms with E-state index >= 15 is 0 Å². The van der Waals surface area contributed by atoms with Crippen LogP contribution >= 0.6 is 22.9 Å². The zero-order valence-corrected chi connectivity index (χ0v) is 12.3. The molecule has 1 fully saturated rings. The number of rotatable bonds is 2. The molecule has 1 aliphatic heterocycles. The topological polar surface area (TPSA) is 20.5 Å². The Labute approximate surface area is 116 Å². The lowest BCUT2D eigenvalue weighted by Gasteiger charge is -2.38. The van der Waals surface area contributed by atoms with E-state index in [2.05, 4.69) is 34.7 Å². The highest BCUT2D eigenvalue weighted by molar-refractivity contribution is 7.15. The highest BCUT2D eigenvalue weighted by Gasteiger charge is 2.28.